The number of carbonyl (C=O) groups is 1. The van der Waals surface area contributed by atoms with Gasteiger partial charge in [0.05, 0.1) is 16.8 Å². The smallest absolute Gasteiger partial charge is 0.263 e. The molecule has 0 saturated heterocycles. The first-order valence-corrected chi connectivity index (χ1v) is 7.50. The highest BCUT2D eigenvalue weighted by Crippen LogP contribution is 2.21. The zero-order valence-electron chi connectivity index (χ0n) is 10.7. The Hall–Kier alpha value is -2.68. The zero-order chi connectivity index (χ0) is 14.9. The molecule has 0 saturated carbocycles. The molecule has 1 aliphatic rings. The van der Waals surface area contributed by atoms with Crippen LogP contribution in [-0.4, -0.2) is 36.9 Å². The molecule has 0 unspecified atom stereocenters. The number of aliphatic imine (C=N–C) groups is 1. The molecule has 0 atom stereocenters. The van der Waals surface area contributed by atoms with Crippen molar-refractivity contribution in [1.29, 1.82) is 0 Å². The fourth-order valence-corrected chi connectivity index (χ4v) is 3.17. The molecule has 0 spiro atoms. The lowest BCUT2D eigenvalue weighted by Gasteiger charge is -2.00. The second-order valence-corrected chi connectivity index (χ2v) is 5.95. The van der Waals surface area contributed by atoms with Crippen molar-refractivity contribution < 1.29 is 13.2 Å². The maximum atomic E-state index is 11.9. The highest BCUT2D eigenvalue weighted by molar-refractivity contribution is 7.90. The first kappa shape index (κ1) is 13.3. The summed E-state index contributed by atoms with van der Waals surface area (Å²) in [5, 5.41) is 8.83. The molecule has 0 radical (unpaired) electrons. The maximum absolute atomic E-state index is 11.9. The lowest BCUT2D eigenvalue weighted by atomic mass is 10.2. The van der Waals surface area contributed by atoms with Gasteiger partial charge >= 0.3 is 0 Å². The van der Waals surface area contributed by atoms with Crippen molar-refractivity contribution >= 4 is 27.5 Å². The summed E-state index contributed by atoms with van der Waals surface area (Å²) in [7, 11) is -3.58. The molecular formula is C12H11N5O3S. The van der Waals surface area contributed by atoms with Crippen molar-refractivity contribution in [2.75, 3.05) is 11.9 Å². The number of hydrogen-bond donors (Lipinski definition) is 3. The number of nitrogens with one attached hydrogen (secondary N) is 3. The first-order valence-electron chi connectivity index (χ1n) is 6.01. The third kappa shape index (κ3) is 2.63. The van der Waals surface area contributed by atoms with E-state index in [4.69, 9.17) is 0 Å². The molecule has 108 valence electrons. The number of aromatic nitrogens is 2. The van der Waals surface area contributed by atoms with Gasteiger partial charge in [-0.3, -0.25) is 19.6 Å². The molecule has 2 aromatic rings. The van der Waals surface area contributed by atoms with Gasteiger partial charge in [-0.25, -0.2) is 8.42 Å². The second kappa shape index (κ2) is 5.02. The monoisotopic (exact) mass is 305 g/mol. The molecule has 1 aromatic heterocycles. The van der Waals surface area contributed by atoms with Crippen LogP contribution in [0.15, 0.2) is 46.5 Å². The number of hydrogen-bond acceptors (Lipinski definition) is 5. The van der Waals surface area contributed by atoms with Crippen molar-refractivity contribution in [3.05, 3.63) is 42.2 Å². The number of amidine groups is 1. The molecule has 2 heterocycles. The minimum absolute atomic E-state index is 0.166. The van der Waals surface area contributed by atoms with E-state index < -0.39 is 10.0 Å². The van der Waals surface area contributed by atoms with Crippen LogP contribution in [0.5, 0.6) is 0 Å². The van der Waals surface area contributed by atoms with Gasteiger partial charge in [-0.05, 0) is 12.1 Å². The fourth-order valence-electron chi connectivity index (χ4n) is 1.92. The summed E-state index contributed by atoms with van der Waals surface area (Å²) in [6.45, 7) is -0.197. The lowest BCUT2D eigenvalue weighted by Crippen LogP contribution is -2.24. The Labute approximate surface area is 120 Å². The van der Waals surface area contributed by atoms with Crippen LogP contribution in [0, 0.1) is 0 Å². The predicted octanol–water partition coefficient (Wildman–Crippen LogP) is 0.0869. The standard InChI is InChI=1S/C12H11N5O3S/c18-11(16-8-5-14-15-6-8)7-13-12-9-3-1-2-4-10(9)21(19,20)17-12/h1-6H,7H2,(H,13,17)(H,14,15)(H,16,18). The van der Waals surface area contributed by atoms with Gasteiger partial charge in [-0.1, -0.05) is 12.1 Å². The van der Waals surface area contributed by atoms with Gasteiger partial charge in [0.1, 0.15) is 12.4 Å². The van der Waals surface area contributed by atoms with Crippen LogP contribution >= 0.6 is 0 Å². The number of fused-ring (bicyclic) bond motifs is 1. The van der Waals surface area contributed by atoms with E-state index in [9.17, 15) is 13.2 Å². The van der Waals surface area contributed by atoms with Crippen molar-refractivity contribution in [3.8, 4) is 0 Å². The van der Waals surface area contributed by atoms with Crippen LogP contribution < -0.4 is 10.0 Å². The Morgan fingerprint density at radius 3 is 2.90 bits per heavy atom. The Bertz CT molecular complexity index is 811. The van der Waals surface area contributed by atoms with Crippen LogP contribution in [0.3, 0.4) is 0 Å². The fraction of sp³-hybridized carbons (Fsp3) is 0.0833. The van der Waals surface area contributed by atoms with E-state index in [0.717, 1.165) is 0 Å². The molecule has 3 N–H and O–H groups in total. The largest absolute Gasteiger partial charge is 0.322 e. The quantitative estimate of drug-likeness (QED) is 0.745. The van der Waals surface area contributed by atoms with Crippen molar-refractivity contribution in [1.82, 2.24) is 14.9 Å². The minimum Gasteiger partial charge on any atom is -0.322 e. The molecule has 3 rings (SSSR count). The van der Waals surface area contributed by atoms with Crippen molar-refractivity contribution in [2.24, 2.45) is 4.99 Å². The highest BCUT2D eigenvalue weighted by atomic mass is 32.2. The number of rotatable bonds is 3. The third-order valence-electron chi connectivity index (χ3n) is 2.83. The van der Waals surface area contributed by atoms with Gasteiger partial charge in [-0.2, -0.15) is 5.10 Å². The number of anilines is 1. The van der Waals surface area contributed by atoms with Crippen LogP contribution in [0.25, 0.3) is 0 Å². The molecule has 0 fully saturated rings. The number of carbonyl (C=O) groups excluding carboxylic acids is 1. The van der Waals surface area contributed by atoms with Crippen LogP contribution in [-0.2, 0) is 14.8 Å². The topological polar surface area (TPSA) is 116 Å². The lowest BCUT2D eigenvalue weighted by molar-refractivity contribution is -0.114. The normalized spacial score (nSPS) is 17.2. The van der Waals surface area contributed by atoms with E-state index in [2.05, 4.69) is 25.2 Å². The maximum Gasteiger partial charge on any atom is 0.263 e. The van der Waals surface area contributed by atoms with Gasteiger partial charge < -0.3 is 5.32 Å². The number of sulfonamides is 1. The molecule has 0 bridgehead atoms. The summed E-state index contributed by atoms with van der Waals surface area (Å²) in [5.74, 6) is -0.194. The van der Waals surface area contributed by atoms with Gasteiger partial charge in [0, 0.05) is 11.8 Å². The molecule has 8 nitrogen and oxygen atoms in total. The second-order valence-electron chi connectivity index (χ2n) is 4.30. The zero-order valence-corrected chi connectivity index (χ0v) is 11.5. The molecule has 0 aliphatic carbocycles. The molecule has 1 amide bonds. The predicted molar refractivity (Wildman–Crippen MR) is 75.4 cm³/mol. The van der Waals surface area contributed by atoms with Gasteiger partial charge in [0.15, 0.2) is 0 Å². The summed E-state index contributed by atoms with van der Waals surface area (Å²) in [6, 6.07) is 6.47. The van der Waals surface area contributed by atoms with Crippen molar-refractivity contribution in [3.63, 3.8) is 0 Å². The van der Waals surface area contributed by atoms with Crippen LogP contribution in [0.4, 0.5) is 5.69 Å². The summed E-state index contributed by atoms with van der Waals surface area (Å²) >= 11 is 0. The van der Waals surface area contributed by atoms with E-state index in [1.165, 1.54) is 18.5 Å². The summed E-state index contributed by atoms with van der Waals surface area (Å²) in [6.07, 6.45) is 2.98. The minimum atomic E-state index is -3.58. The molecule has 1 aliphatic heterocycles. The van der Waals surface area contributed by atoms with E-state index >= 15 is 0 Å². The average molecular weight is 305 g/mol. The number of H-pyrrole nitrogens is 1. The number of amides is 1. The summed E-state index contributed by atoms with van der Waals surface area (Å²) in [5.41, 5.74) is 0.987. The van der Waals surface area contributed by atoms with Gasteiger partial charge in [0.2, 0.25) is 5.91 Å². The number of benzene rings is 1. The molecule has 1 aromatic carbocycles. The van der Waals surface area contributed by atoms with E-state index in [-0.39, 0.29) is 23.2 Å². The van der Waals surface area contributed by atoms with Crippen molar-refractivity contribution in [2.45, 2.75) is 4.90 Å². The first-order chi connectivity index (χ1) is 10.1. The number of nitrogens with zero attached hydrogens (tertiary/aromatic N) is 2. The van der Waals surface area contributed by atoms with Crippen LogP contribution in [0.2, 0.25) is 0 Å². The summed E-state index contributed by atoms with van der Waals surface area (Å²) in [4.78, 5) is 15.9. The van der Waals surface area contributed by atoms with E-state index in [0.29, 0.717) is 11.3 Å². The molecular weight excluding hydrogens is 294 g/mol. The average Bonchev–Trinajstić information content (AvgIpc) is 3.04. The van der Waals surface area contributed by atoms with E-state index in [1.807, 2.05) is 0 Å². The molecule has 9 heteroatoms. The Balaban J connectivity index is 1.78. The Kier molecular flexibility index (Phi) is 3.18. The van der Waals surface area contributed by atoms with Gasteiger partial charge in [0.25, 0.3) is 10.0 Å². The van der Waals surface area contributed by atoms with Crippen LogP contribution in [0.1, 0.15) is 5.56 Å². The highest BCUT2D eigenvalue weighted by Gasteiger charge is 2.30. The SMILES string of the molecule is O=C(CN=C1NS(=O)(=O)c2ccccc21)Nc1cn[nH]c1. The number of aromatic amines is 1. The Morgan fingerprint density at radius 2 is 2.14 bits per heavy atom. The summed E-state index contributed by atoms with van der Waals surface area (Å²) < 4.78 is 26.1. The van der Waals surface area contributed by atoms with E-state index in [1.54, 1.807) is 18.2 Å². The third-order valence-corrected chi connectivity index (χ3v) is 4.22. The molecule has 21 heavy (non-hydrogen) atoms. The Morgan fingerprint density at radius 1 is 1.33 bits per heavy atom. The van der Waals surface area contributed by atoms with Gasteiger partial charge in [-0.15, -0.1) is 0 Å².